The van der Waals surface area contributed by atoms with Crippen LogP contribution in [0.15, 0.2) is 89.8 Å². The number of nitrogens with one attached hydrogen (secondary N) is 2. The van der Waals surface area contributed by atoms with Gasteiger partial charge in [-0.3, -0.25) is 14.5 Å². The number of fused-ring (bicyclic) bond motifs is 1. The average molecular weight is 644 g/mol. The van der Waals surface area contributed by atoms with Crippen molar-refractivity contribution in [2.75, 3.05) is 30.4 Å². The lowest BCUT2D eigenvalue weighted by Crippen LogP contribution is -2.30. The first-order valence-corrected chi connectivity index (χ1v) is 16.8. The molecule has 0 radical (unpaired) electrons. The monoisotopic (exact) mass is 643 g/mol. The Morgan fingerprint density at radius 1 is 0.956 bits per heavy atom. The highest BCUT2D eigenvalue weighted by Crippen LogP contribution is 2.39. The smallest absolute Gasteiger partial charge is 0.341 e. The second-order valence-electron chi connectivity index (χ2n) is 10.6. The first kappa shape index (κ1) is 32.3. The highest BCUT2D eigenvalue weighted by Gasteiger charge is 2.31. The molecule has 0 bridgehead atoms. The summed E-state index contributed by atoms with van der Waals surface area (Å²) < 4.78 is 11.0. The molecule has 1 unspecified atom stereocenters. The fourth-order valence-electron chi connectivity index (χ4n) is 5.13. The van der Waals surface area contributed by atoms with Gasteiger partial charge in [-0.25, -0.2) is 4.79 Å². The molecule has 10 heteroatoms. The maximum absolute atomic E-state index is 13.6. The van der Waals surface area contributed by atoms with E-state index in [1.807, 2.05) is 61.5 Å². The summed E-state index contributed by atoms with van der Waals surface area (Å²) in [5.41, 5.74) is 3.31. The Balaban J connectivity index is 1.25. The molecule has 8 nitrogen and oxygen atoms in total. The molecule has 0 saturated carbocycles. The zero-order chi connectivity index (χ0) is 31.6. The van der Waals surface area contributed by atoms with Crippen LogP contribution in [0.4, 0.5) is 10.7 Å². The first-order valence-electron chi connectivity index (χ1n) is 15.1. The molecule has 4 aromatic rings. The zero-order valence-corrected chi connectivity index (χ0v) is 27.0. The predicted molar refractivity (Wildman–Crippen MR) is 180 cm³/mol. The third-order valence-corrected chi connectivity index (χ3v) is 9.76. The van der Waals surface area contributed by atoms with Crippen LogP contribution in [0.2, 0.25) is 0 Å². The summed E-state index contributed by atoms with van der Waals surface area (Å²) in [5.74, 6) is -0.238. The van der Waals surface area contributed by atoms with E-state index in [0.29, 0.717) is 41.4 Å². The van der Waals surface area contributed by atoms with Crippen LogP contribution < -0.4 is 15.4 Å². The van der Waals surface area contributed by atoms with Gasteiger partial charge in [-0.2, -0.15) is 0 Å². The van der Waals surface area contributed by atoms with Crippen molar-refractivity contribution in [3.63, 3.8) is 0 Å². The van der Waals surface area contributed by atoms with Crippen molar-refractivity contribution >= 4 is 51.6 Å². The van der Waals surface area contributed by atoms with Crippen molar-refractivity contribution in [1.29, 1.82) is 0 Å². The van der Waals surface area contributed by atoms with Crippen molar-refractivity contribution in [3.05, 3.63) is 106 Å². The van der Waals surface area contributed by atoms with Crippen molar-refractivity contribution in [2.45, 2.75) is 49.9 Å². The van der Waals surface area contributed by atoms with E-state index in [0.717, 1.165) is 28.4 Å². The Bertz CT molecular complexity index is 1610. The van der Waals surface area contributed by atoms with Gasteiger partial charge in [-0.15, -0.1) is 23.1 Å². The van der Waals surface area contributed by atoms with Gasteiger partial charge < -0.3 is 20.1 Å². The Morgan fingerprint density at radius 2 is 1.71 bits per heavy atom. The summed E-state index contributed by atoms with van der Waals surface area (Å²) in [7, 11) is 0. The summed E-state index contributed by atoms with van der Waals surface area (Å²) in [6, 6.07) is 26.9. The molecule has 2 amide bonds. The third kappa shape index (κ3) is 8.75. The van der Waals surface area contributed by atoms with Gasteiger partial charge in [0.1, 0.15) is 10.8 Å². The van der Waals surface area contributed by atoms with E-state index in [1.165, 1.54) is 28.7 Å². The maximum atomic E-state index is 13.6. The van der Waals surface area contributed by atoms with E-state index >= 15 is 0 Å². The summed E-state index contributed by atoms with van der Waals surface area (Å²) in [6.07, 6.45) is 1.28. The molecule has 1 atom stereocenters. The van der Waals surface area contributed by atoms with Crippen LogP contribution in [0.25, 0.3) is 0 Å². The van der Waals surface area contributed by atoms with E-state index in [4.69, 9.17) is 9.47 Å². The minimum absolute atomic E-state index is 0.112. The normalized spacial score (nSPS) is 13.4. The number of benzene rings is 3. The molecule has 45 heavy (non-hydrogen) atoms. The van der Waals surface area contributed by atoms with Gasteiger partial charge in [-0.05, 0) is 61.2 Å². The van der Waals surface area contributed by atoms with E-state index in [9.17, 15) is 14.4 Å². The molecular weight excluding hydrogens is 607 g/mol. The number of hydrogen-bond donors (Lipinski definition) is 2. The van der Waals surface area contributed by atoms with Gasteiger partial charge in [0.2, 0.25) is 5.91 Å². The Kier molecular flexibility index (Phi) is 11.3. The van der Waals surface area contributed by atoms with Crippen LogP contribution in [0, 0.1) is 0 Å². The molecule has 0 fully saturated rings. The van der Waals surface area contributed by atoms with E-state index in [-0.39, 0.29) is 25.0 Å². The second-order valence-corrected chi connectivity index (χ2v) is 12.9. The summed E-state index contributed by atoms with van der Waals surface area (Å²) >= 11 is 2.88. The van der Waals surface area contributed by atoms with Gasteiger partial charge in [0.05, 0.1) is 17.4 Å². The Morgan fingerprint density at radius 3 is 2.44 bits per heavy atom. The lowest BCUT2D eigenvalue weighted by atomic mass is 10.0. The molecule has 0 spiro atoms. The number of para-hydroxylation sites is 1. The van der Waals surface area contributed by atoms with Crippen molar-refractivity contribution in [2.24, 2.45) is 0 Å². The number of hydrogen-bond acceptors (Lipinski definition) is 8. The number of carbonyl (C=O) groups is 3. The van der Waals surface area contributed by atoms with Crippen LogP contribution in [0.1, 0.15) is 46.6 Å². The van der Waals surface area contributed by atoms with Crippen LogP contribution in [-0.2, 0) is 33.8 Å². The topological polar surface area (TPSA) is 97.0 Å². The zero-order valence-electron chi connectivity index (χ0n) is 25.4. The summed E-state index contributed by atoms with van der Waals surface area (Å²) in [5, 5.41) is 6.06. The molecule has 1 aliphatic heterocycles. The quantitative estimate of drug-likeness (QED) is 0.120. The van der Waals surface area contributed by atoms with Crippen LogP contribution in [0.3, 0.4) is 0 Å². The highest BCUT2D eigenvalue weighted by atomic mass is 32.2. The lowest BCUT2D eigenvalue weighted by Gasteiger charge is -2.27. The minimum atomic E-state index is -0.416. The number of ether oxygens (including phenoxy) is 2. The number of thiophene rings is 1. The molecule has 2 N–H and O–H groups in total. The highest BCUT2D eigenvalue weighted by molar-refractivity contribution is 8.00. The Hall–Kier alpha value is -4.12. The Labute approximate surface area is 272 Å². The fraction of sp³-hybridized carbons (Fsp3) is 0.286. The second kappa shape index (κ2) is 15.7. The standard InChI is InChI=1S/C35H37N3O5S2/c1-3-29(44-27-17-11-14-25(20-27)36-31(39)23-43-26-15-9-6-10-16-26)33(40)37-34-32(35(41)42-4-2)28-18-19-38(22-30(28)45-34)21-24-12-7-5-8-13-24/h5-17,20,29H,3-4,18-19,21-23H2,1-2H3,(H,36,39)(H,37,40). The minimum Gasteiger partial charge on any atom is -0.484 e. The molecule has 234 valence electrons. The molecule has 1 aromatic heterocycles. The average Bonchev–Trinajstić information content (AvgIpc) is 3.41. The first-order chi connectivity index (χ1) is 21.9. The molecule has 5 rings (SSSR count). The lowest BCUT2D eigenvalue weighted by molar-refractivity contribution is -0.118. The van der Waals surface area contributed by atoms with Crippen molar-refractivity contribution in [1.82, 2.24) is 4.90 Å². The number of thioether (sulfide) groups is 1. The summed E-state index contributed by atoms with van der Waals surface area (Å²) in [4.78, 5) is 43.5. The number of amides is 2. The largest absolute Gasteiger partial charge is 0.484 e. The van der Waals surface area contributed by atoms with Crippen molar-refractivity contribution < 1.29 is 23.9 Å². The maximum Gasteiger partial charge on any atom is 0.341 e. The molecule has 2 heterocycles. The number of nitrogens with zero attached hydrogens (tertiary/aromatic N) is 1. The number of esters is 1. The van der Waals surface area contributed by atoms with E-state index in [1.54, 1.807) is 25.1 Å². The molecule has 3 aromatic carbocycles. The van der Waals surface area contributed by atoms with E-state index in [2.05, 4.69) is 27.7 Å². The number of rotatable bonds is 13. The summed E-state index contributed by atoms with van der Waals surface area (Å²) in [6.45, 7) is 6.23. The van der Waals surface area contributed by atoms with Gasteiger partial charge in [0.25, 0.3) is 5.91 Å². The number of anilines is 2. The van der Waals surface area contributed by atoms with Gasteiger partial charge in [0, 0.05) is 35.1 Å². The fourth-order valence-corrected chi connectivity index (χ4v) is 7.42. The van der Waals surface area contributed by atoms with Gasteiger partial charge in [0.15, 0.2) is 6.61 Å². The van der Waals surface area contributed by atoms with Gasteiger partial charge >= 0.3 is 5.97 Å². The van der Waals surface area contributed by atoms with Crippen LogP contribution in [-0.4, -0.2) is 47.7 Å². The third-order valence-electron chi connectivity index (χ3n) is 7.27. The molecule has 0 saturated heterocycles. The van der Waals surface area contributed by atoms with Crippen LogP contribution in [0.5, 0.6) is 5.75 Å². The molecular formula is C35H37N3O5S2. The van der Waals surface area contributed by atoms with E-state index < -0.39 is 11.2 Å². The van der Waals surface area contributed by atoms with Gasteiger partial charge in [-0.1, -0.05) is 61.5 Å². The van der Waals surface area contributed by atoms with Crippen LogP contribution >= 0.6 is 23.1 Å². The molecule has 0 aliphatic carbocycles. The SMILES string of the molecule is CCOC(=O)c1c(NC(=O)C(CC)Sc2cccc(NC(=O)COc3ccccc3)c2)sc2c1CCN(Cc1ccccc1)C2. The molecule has 1 aliphatic rings. The number of carbonyl (C=O) groups excluding carboxylic acids is 3. The predicted octanol–water partition coefficient (Wildman–Crippen LogP) is 7.01. The van der Waals surface area contributed by atoms with Crippen molar-refractivity contribution in [3.8, 4) is 5.75 Å².